The van der Waals surface area contributed by atoms with E-state index in [2.05, 4.69) is 25.9 Å². The molecule has 2 amide bonds. The van der Waals surface area contributed by atoms with Gasteiger partial charge >= 0.3 is 17.6 Å². The summed E-state index contributed by atoms with van der Waals surface area (Å²) in [6.45, 7) is 2.13. The third-order valence-electron chi connectivity index (χ3n) is 3.90. The molecule has 0 saturated heterocycles. The number of amides is 2. The molecule has 13 nitrogen and oxygen atoms in total. The van der Waals surface area contributed by atoms with Crippen LogP contribution < -0.4 is 15.4 Å². The first-order chi connectivity index (χ1) is 14.9. The fourth-order valence-corrected chi connectivity index (χ4v) is 2.38. The zero-order valence-corrected chi connectivity index (χ0v) is 16.5. The number of hydrogen-bond donors (Lipinski definition) is 2. The number of aromatic nitrogens is 4. The molecule has 13 heteroatoms. The van der Waals surface area contributed by atoms with Crippen LogP contribution in [0.3, 0.4) is 0 Å². The van der Waals surface area contributed by atoms with E-state index in [0.29, 0.717) is 5.75 Å². The van der Waals surface area contributed by atoms with Crippen molar-refractivity contribution < 1.29 is 23.8 Å². The highest BCUT2D eigenvalue weighted by atomic mass is 16.6. The fraction of sp³-hybridized carbons (Fsp3) is 0.278. The average Bonchev–Trinajstić information content (AvgIpc) is 3.41. The van der Waals surface area contributed by atoms with Crippen LogP contribution in [0.2, 0.25) is 0 Å². The van der Waals surface area contributed by atoms with E-state index in [9.17, 15) is 19.7 Å². The second-order valence-electron chi connectivity index (χ2n) is 6.35. The van der Waals surface area contributed by atoms with Crippen LogP contribution in [-0.2, 0) is 11.3 Å². The zero-order valence-electron chi connectivity index (χ0n) is 16.5. The molecule has 3 aromatic rings. The topological polar surface area (TPSA) is 167 Å². The minimum absolute atomic E-state index is 0.00165. The van der Waals surface area contributed by atoms with E-state index in [4.69, 9.17) is 9.26 Å². The molecule has 0 atom stereocenters. The fourth-order valence-electron chi connectivity index (χ4n) is 2.38. The number of nitro groups is 1. The summed E-state index contributed by atoms with van der Waals surface area (Å²) in [5, 5.41) is 23.1. The van der Waals surface area contributed by atoms with Gasteiger partial charge in [-0.15, -0.1) is 0 Å². The van der Waals surface area contributed by atoms with Crippen molar-refractivity contribution in [2.75, 3.05) is 19.7 Å². The molecule has 0 aliphatic carbocycles. The van der Waals surface area contributed by atoms with Crippen molar-refractivity contribution in [3.05, 3.63) is 63.9 Å². The summed E-state index contributed by atoms with van der Waals surface area (Å²) in [6.07, 6.45) is 1.39. The summed E-state index contributed by atoms with van der Waals surface area (Å²) >= 11 is 0. The molecule has 31 heavy (non-hydrogen) atoms. The van der Waals surface area contributed by atoms with E-state index >= 15 is 0 Å². The molecule has 0 spiro atoms. The maximum absolute atomic E-state index is 12.0. The molecule has 0 radical (unpaired) electrons. The minimum atomic E-state index is -0.626. The van der Waals surface area contributed by atoms with Gasteiger partial charge in [0, 0.05) is 13.1 Å². The first-order valence-corrected chi connectivity index (χ1v) is 9.15. The number of carbonyl (C=O) groups excluding carboxylic acids is 2. The van der Waals surface area contributed by atoms with Crippen molar-refractivity contribution in [2.45, 2.75) is 13.5 Å². The Labute approximate surface area is 175 Å². The highest BCUT2D eigenvalue weighted by Gasteiger charge is 2.17. The Balaban J connectivity index is 1.36. The summed E-state index contributed by atoms with van der Waals surface area (Å²) in [6, 6.07) is 8.53. The monoisotopic (exact) mass is 429 g/mol. The van der Waals surface area contributed by atoms with Gasteiger partial charge in [-0.05, 0) is 24.0 Å². The number of carbonyl (C=O) groups is 2. The van der Waals surface area contributed by atoms with Gasteiger partial charge in [0.15, 0.2) is 12.4 Å². The van der Waals surface area contributed by atoms with Crippen molar-refractivity contribution in [3.63, 3.8) is 0 Å². The normalized spacial score (nSPS) is 10.5. The van der Waals surface area contributed by atoms with Gasteiger partial charge in [0.25, 0.3) is 5.91 Å². The quantitative estimate of drug-likeness (QED) is 0.264. The van der Waals surface area contributed by atoms with E-state index in [1.54, 1.807) is 12.1 Å². The predicted octanol–water partition coefficient (Wildman–Crippen LogP) is 0.456. The Bertz CT molecular complexity index is 1060. The summed E-state index contributed by atoms with van der Waals surface area (Å²) in [5.41, 5.74) is 1.09. The Hall–Kier alpha value is -4.29. The van der Waals surface area contributed by atoms with Crippen molar-refractivity contribution in [2.24, 2.45) is 0 Å². The van der Waals surface area contributed by atoms with Gasteiger partial charge in [-0.3, -0.25) is 9.59 Å². The SMILES string of the molecule is Cc1ccc(OCC(=O)NCCNC(=O)c2nc(Cn3ccc([N+](=O)[O-])n3)no2)cc1. The zero-order chi connectivity index (χ0) is 22.2. The molecule has 2 aromatic heterocycles. The van der Waals surface area contributed by atoms with Crippen LogP contribution in [0.1, 0.15) is 22.1 Å². The third-order valence-corrected chi connectivity index (χ3v) is 3.90. The summed E-state index contributed by atoms with van der Waals surface area (Å²) in [5.74, 6) is -0.812. The lowest BCUT2D eigenvalue weighted by molar-refractivity contribution is -0.389. The number of ether oxygens (including phenoxy) is 1. The number of benzene rings is 1. The molecule has 0 bridgehead atoms. The van der Waals surface area contributed by atoms with Crippen LogP contribution in [-0.4, -0.2) is 56.4 Å². The summed E-state index contributed by atoms with van der Waals surface area (Å²) in [4.78, 5) is 37.7. The standard InChI is InChI=1S/C18H19N7O6/c1-12-2-4-13(5-3-12)30-11-16(26)19-7-8-20-17(27)18-21-14(23-31-18)10-24-9-6-15(22-24)25(28)29/h2-6,9H,7-8,10-11H2,1H3,(H,19,26)(H,20,27). The second kappa shape index (κ2) is 9.96. The van der Waals surface area contributed by atoms with E-state index in [0.717, 1.165) is 5.56 Å². The van der Waals surface area contributed by atoms with E-state index in [-0.39, 0.29) is 49.7 Å². The lowest BCUT2D eigenvalue weighted by Crippen LogP contribution is -2.36. The largest absolute Gasteiger partial charge is 0.484 e. The first kappa shape index (κ1) is 21.4. The van der Waals surface area contributed by atoms with Crippen LogP contribution in [0.4, 0.5) is 5.82 Å². The first-order valence-electron chi connectivity index (χ1n) is 9.15. The van der Waals surface area contributed by atoms with Crippen LogP contribution in [0, 0.1) is 17.0 Å². The summed E-state index contributed by atoms with van der Waals surface area (Å²) in [7, 11) is 0. The Kier molecular flexibility index (Phi) is 6.88. The highest BCUT2D eigenvalue weighted by molar-refractivity contribution is 5.89. The smallest absolute Gasteiger partial charge is 0.389 e. The molecule has 1 aromatic carbocycles. The van der Waals surface area contributed by atoms with Gasteiger partial charge in [0.1, 0.15) is 12.3 Å². The molecule has 2 heterocycles. The number of rotatable bonds is 10. The van der Waals surface area contributed by atoms with Crippen LogP contribution in [0.5, 0.6) is 5.75 Å². The maximum atomic E-state index is 12.0. The van der Waals surface area contributed by atoms with E-state index in [1.807, 2.05) is 19.1 Å². The molecule has 3 rings (SSSR count). The lowest BCUT2D eigenvalue weighted by Gasteiger charge is -2.08. The number of hydrogen-bond acceptors (Lipinski definition) is 9. The van der Waals surface area contributed by atoms with Crippen molar-refractivity contribution in [1.82, 2.24) is 30.6 Å². The van der Waals surface area contributed by atoms with Gasteiger partial charge < -0.3 is 30.0 Å². The lowest BCUT2D eigenvalue weighted by atomic mass is 10.2. The van der Waals surface area contributed by atoms with Gasteiger partial charge in [-0.25, -0.2) is 0 Å². The van der Waals surface area contributed by atoms with Gasteiger partial charge in [-0.1, -0.05) is 22.9 Å². The molecule has 0 aliphatic rings. The van der Waals surface area contributed by atoms with Gasteiger partial charge in [0.05, 0.1) is 17.4 Å². The summed E-state index contributed by atoms with van der Waals surface area (Å²) < 4.78 is 11.5. The maximum Gasteiger partial charge on any atom is 0.389 e. The highest BCUT2D eigenvalue weighted by Crippen LogP contribution is 2.11. The molecule has 0 aliphatic heterocycles. The Morgan fingerprint density at radius 1 is 1.19 bits per heavy atom. The van der Waals surface area contributed by atoms with E-state index in [1.165, 1.54) is 16.9 Å². The molecular weight excluding hydrogens is 410 g/mol. The van der Waals surface area contributed by atoms with Crippen molar-refractivity contribution >= 4 is 17.6 Å². The second-order valence-corrected chi connectivity index (χ2v) is 6.35. The number of nitrogens with zero attached hydrogens (tertiary/aromatic N) is 5. The molecule has 162 valence electrons. The minimum Gasteiger partial charge on any atom is -0.484 e. The molecule has 0 unspecified atom stereocenters. The molecule has 2 N–H and O–H groups in total. The average molecular weight is 429 g/mol. The molecule has 0 saturated carbocycles. The number of aryl methyl sites for hydroxylation is 1. The van der Waals surface area contributed by atoms with Crippen molar-refractivity contribution in [1.29, 1.82) is 0 Å². The van der Waals surface area contributed by atoms with Gasteiger partial charge in [0.2, 0.25) is 0 Å². The molecule has 0 fully saturated rings. The number of nitrogens with one attached hydrogen (secondary N) is 2. The Morgan fingerprint density at radius 3 is 2.65 bits per heavy atom. The van der Waals surface area contributed by atoms with Gasteiger partial charge in [-0.2, -0.15) is 9.67 Å². The Morgan fingerprint density at radius 2 is 1.94 bits per heavy atom. The van der Waals surface area contributed by atoms with Crippen LogP contribution in [0.15, 0.2) is 41.1 Å². The third kappa shape index (κ3) is 6.35. The molecular formula is C18H19N7O6. The predicted molar refractivity (Wildman–Crippen MR) is 104 cm³/mol. The van der Waals surface area contributed by atoms with E-state index < -0.39 is 10.8 Å². The van der Waals surface area contributed by atoms with Crippen LogP contribution in [0.25, 0.3) is 0 Å². The van der Waals surface area contributed by atoms with Crippen LogP contribution >= 0.6 is 0 Å². The van der Waals surface area contributed by atoms with Crippen molar-refractivity contribution in [3.8, 4) is 5.75 Å².